The van der Waals surface area contributed by atoms with E-state index < -0.39 is 16.1 Å². The van der Waals surface area contributed by atoms with Crippen LogP contribution in [-0.2, 0) is 12.8 Å². The van der Waals surface area contributed by atoms with Gasteiger partial charge in [0, 0.05) is 20.5 Å². The third kappa shape index (κ3) is 10.5. The lowest BCUT2D eigenvalue weighted by atomic mass is 10.0. The van der Waals surface area contributed by atoms with E-state index in [0.29, 0.717) is 0 Å². The highest BCUT2D eigenvalue weighted by molar-refractivity contribution is 7.21. The lowest BCUT2D eigenvalue weighted by molar-refractivity contribution is 0.609. The molecule has 0 N–H and O–H groups in total. The van der Waals surface area contributed by atoms with Gasteiger partial charge in [0.2, 0.25) is 0 Å². The Hall–Kier alpha value is -1.31. The van der Waals surface area contributed by atoms with E-state index in [9.17, 15) is 0 Å². The Morgan fingerprint density at radius 3 is 1.23 bits per heavy atom. The van der Waals surface area contributed by atoms with Crippen molar-refractivity contribution in [3.63, 3.8) is 0 Å². The maximum atomic E-state index is 3.77. The van der Waals surface area contributed by atoms with E-state index in [-0.39, 0.29) is 0 Å². The molecule has 0 aliphatic carbocycles. The molecule has 0 aliphatic rings. The Morgan fingerprint density at radius 2 is 0.875 bits per heavy atom. The molecule has 4 heteroatoms. The second-order valence-corrected chi connectivity index (χ2v) is 25.5. The van der Waals surface area contributed by atoms with Gasteiger partial charge in [-0.1, -0.05) is 129 Å². The molecular formula is C36H54S2Si2. The molecule has 0 saturated carbocycles. The standard InChI is InChI=1S/C36H54S2Si2/c1-9-11-13-15-17-19-21-29-27-33-31(23-25-39(3,4)5)36-34(32(35(33)37-29)24-26-40(6,7)8)28-30(38-36)22-20-18-16-14-12-10-2/h27-28H,9-22H2,1-8H3. The van der Waals surface area contributed by atoms with E-state index in [1.54, 1.807) is 0 Å². The summed E-state index contributed by atoms with van der Waals surface area (Å²) in [6, 6.07) is 4.99. The number of unbranched alkanes of at least 4 members (excludes halogenated alkanes) is 10. The van der Waals surface area contributed by atoms with Crippen LogP contribution in [0.4, 0.5) is 0 Å². The third-order valence-electron chi connectivity index (χ3n) is 7.24. The van der Waals surface area contributed by atoms with E-state index >= 15 is 0 Å². The topological polar surface area (TPSA) is 0 Å². The zero-order chi connectivity index (χ0) is 29.2. The maximum Gasteiger partial charge on any atom is 0.129 e. The lowest BCUT2D eigenvalue weighted by Crippen LogP contribution is -2.16. The number of hydrogen-bond acceptors (Lipinski definition) is 2. The summed E-state index contributed by atoms with van der Waals surface area (Å²) in [5.74, 6) is 7.53. The molecule has 3 rings (SSSR count). The molecular weight excluding hydrogens is 553 g/mol. The Kier molecular flexibility index (Phi) is 13.1. The minimum atomic E-state index is -1.50. The first-order chi connectivity index (χ1) is 19.0. The van der Waals surface area contributed by atoms with Gasteiger partial charge in [-0.25, -0.2) is 0 Å². The molecule has 0 amide bonds. The van der Waals surface area contributed by atoms with Crippen molar-refractivity contribution >= 4 is 59.0 Å². The number of thiophene rings is 2. The summed E-state index contributed by atoms with van der Waals surface area (Å²) in [5.41, 5.74) is 10.0. The number of benzene rings is 1. The Bertz CT molecular complexity index is 1190. The van der Waals surface area contributed by atoms with Crippen molar-refractivity contribution in [2.45, 2.75) is 143 Å². The molecule has 0 aliphatic heterocycles. The molecule has 0 saturated heterocycles. The largest absolute Gasteiger partial charge is 0.139 e. The van der Waals surface area contributed by atoms with Crippen LogP contribution >= 0.6 is 22.7 Å². The van der Waals surface area contributed by atoms with Crippen molar-refractivity contribution < 1.29 is 0 Å². The van der Waals surface area contributed by atoms with Gasteiger partial charge in [-0.15, -0.1) is 33.8 Å². The number of fused-ring (bicyclic) bond motifs is 2. The normalized spacial score (nSPS) is 12.0. The highest BCUT2D eigenvalue weighted by atomic mass is 32.1. The van der Waals surface area contributed by atoms with Crippen LogP contribution in [-0.4, -0.2) is 16.1 Å². The molecule has 40 heavy (non-hydrogen) atoms. The Morgan fingerprint density at radius 1 is 0.525 bits per heavy atom. The minimum absolute atomic E-state index is 1.18. The molecule has 0 atom stereocenters. The second kappa shape index (κ2) is 15.8. The first-order valence-electron chi connectivity index (χ1n) is 16.1. The SMILES string of the molecule is CCCCCCCCc1cc2c(C#C[Si](C)(C)C)c3sc(CCCCCCCC)cc3c(C#C[Si](C)(C)C)c2s1. The average Bonchev–Trinajstić information content (AvgIpc) is 3.48. The first kappa shape index (κ1) is 33.2. The van der Waals surface area contributed by atoms with Crippen molar-refractivity contribution in [2.24, 2.45) is 0 Å². The average molecular weight is 607 g/mol. The first-order valence-corrected chi connectivity index (χ1v) is 24.7. The van der Waals surface area contributed by atoms with E-state index in [0.717, 1.165) is 0 Å². The molecule has 0 nitrogen and oxygen atoms in total. The van der Waals surface area contributed by atoms with Crippen LogP contribution in [0.15, 0.2) is 12.1 Å². The van der Waals surface area contributed by atoms with E-state index in [1.807, 2.05) is 22.7 Å². The van der Waals surface area contributed by atoms with Crippen LogP contribution in [0.25, 0.3) is 20.2 Å². The minimum Gasteiger partial charge on any atom is -0.139 e. The summed E-state index contributed by atoms with van der Waals surface area (Å²) in [7, 11) is -3.01. The molecule has 218 valence electrons. The zero-order valence-electron chi connectivity index (χ0n) is 26.9. The highest BCUT2D eigenvalue weighted by Gasteiger charge is 2.19. The summed E-state index contributed by atoms with van der Waals surface area (Å²) >= 11 is 4.01. The second-order valence-electron chi connectivity index (χ2n) is 13.7. The van der Waals surface area contributed by atoms with Gasteiger partial charge in [-0.3, -0.25) is 0 Å². The van der Waals surface area contributed by atoms with Gasteiger partial charge in [0.1, 0.15) is 16.1 Å². The van der Waals surface area contributed by atoms with Crippen LogP contribution in [0.2, 0.25) is 39.3 Å². The molecule has 2 heterocycles. The molecule has 0 radical (unpaired) electrons. The zero-order valence-corrected chi connectivity index (χ0v) is 30.5. The van der Waals surface area contributed by atoms with Gasteiger partial charge in [0.05, 0.1) is 20.5 Å². The van der Waals surface area contributed by atoms with Gasteiger partial charge < -0.3 is 0 Å². The molecule has 0 unspecified atom stereocenters. The molecule has 0 fully saturated rings. The van der Waals surface area contributed by atoms with E-state index in [2.05, 4.69) is 88.2 Å². The van der Waals surface area contributed by atoms with Gasteiger partial charge in [-0.2, -0.15) is 0 Å². The van der Waals surface area contributed by atoms with Gasteiger partial charge in [-0.05, 0) is 37.8 Å². The predicted molar refractivity (Wildman–Crippen MR) is 192 cm³/mol. The Balaban J connectivity index is 2.06. The summed E-state index contributed by atoms with van der Waals surface area (Å²) < 4.78 is 2.78. The van der Waals surface area contributed by atoms with Crippen LogP contribution in [0.1, 0.15) is 112 Å². The summed E-state index contributed by atoms with van der Waals surface area (Å²) in [6.45, 7) is 18.7. The van der Waals surface area contributed by atoms with Crippen molar-refractivity contribution in [2.75, 3.05) is 0 Å². The van der Waals surface area contributed by atoms with Crippen LogP contribution < -0.4 is 0 Å². The molecule has 0 bridgehead atoms. The molecule has 1 aromatic carbocycles. The number of hydrogen-bond donors (Lipinski definition) is 0. The number of rotatable bonds is 14. The van der Waals surface area contributed by atoms with Crippen LogP contribution in [0.5, 0.6) is 0 Å². The predicted octanol–water partition coefficient (Wildman–Crippen LogP) is 12.4. The van der Waals surface area contributed by atoms with E-state index in [4.69, 9.17) is 0 Å². The van der Waals surface area contributed by atoms with Crippen LogP contribution in [0.3, 0.4) is 0 Å². The fourth-order valence-corrected chi connectivity index (χ4v) is 8.46. The quantitative estimate of drug-likeness (QED) is 0.0972. The number of aryl methyl sites for hydroxylation is 2. The van der Waals surface area contributed by atoms with Crippen LogP contribution in [0, 0.1) is 22.9 Å². The molecule has 0 spiro atoms. The monoisotopic (exact) mass is 606 g/mol. The van der Waals surface area contributed by atoms with Crippen molar-refractivity contribution in [1.82, 2.24) is 0 Å². The lowest BCUT2D eigenvalue weighted by Gasteiger charge is -2.07. The maximum absolute atomic E-state index is 3.77. The van der Waals surface area contributed by atoms with Crippen molar-refractivity contribution in [3.05, 3.63) is 33.0 Å². The smallest absolute Gasteiger partial charge is 0.129 e. The highest BCUT2D eigenvalue weighted by Crippen LogP contribution is 2.42. The Labute approximate surface area is 256 Å². The fourth-order valence-electron chi connectivity index (χ4n) is 5.03. The van der Waals surface area contributed by atoms with Gasteiger partial charge >= 0.3 is 0 Å². The summed E-state index contributed by atoms with van der Waals surface area (Å²) in [4.78, 5) is 3.03. The molecule has 2 aromatic heterocycles. The van der Waals surface area contributed by atoms with E-state index in [1.165, 1.54) is 131 Å². The third-order valence-corrected chi connectivity index (χ3v) is 11.4. The van der Waals surface area contributed by atoms with Gasteiger partial charge in [0.25, 0.3) is 0 Å². The fraction of sp³-hybridized carbons (Fsp3) is 0.611. The summed E-state index contributed by atoms with van der Waals surface area (Å²) in [6.07, 6.45) is 18.5. The van der Waals surface area contributed by atoms with Crippen molar-refractivity contribution in [1.29, 1.82) is 0 Å². The van der Waals surface area contributed by atoms with Gasteiger partial charge in [0.15, 0.2) is 0 Å². The van der Waals surface area contributed by atoms with Crippen molar-refractivity contribution in [3.8, 4) is 22.9 Å². The summed E-state index contributed by atoms with van der Waals surface area (Å²) in [5, 5.41) is 2.74. The molecule has 3 aromatic rings.